The minimum absolute atomic E-state index is 0.178. The first-order valence-electron chi connectivity index (χ1n) is 14.7. The lowest BCUT2D eigenvalue weighted by atomic mass is 9.90. The van der Waals surface area contributed by atoms with Crippen LogP contribution in [0, 0.1) is 0 Å². The SMILES string of the molecule is CCCCCC(=O)Oc1ccc(/C(=C(\C)c2ccc(OC)cc2)c2ccc(OCCN3CCCCC3)cc2)cc1. The number of piperidine rings is 1. The Kier molecular flexibility index (Phi) is 11.2. The number of carbonyl (C=O) groups is 1. The third-order valence-electron chi connectivity index (χ3n) is 7.53. The van der Waals surface area contributed by atoms with E-state index in [-0.39, 0.29) is 5.97 Å². The Morgan fingerprint density at radius 3 is 1.93 bits per heavy atom. The summed E-state index contributed by atoms with van der Waals surface area (Å²) in [5.74, 6) is 2.10. The van der Waals surface area contributed by atoms with Gasteiger partial charge in [0.1, 0.15) is 23.9 Å². The van der Waals surface area contributed by atoms with E-state index in [2.05, 4.69) is 55.1 Å². The highest BCUT2D eigenvalue weighted by Gasteiger charge is 2.14. The van der Waals surface area contributed by atoms with Crippen molar-refractivity contribution in [1.29, 1.82) is 0 Å². The molecule has 1 aliphatic heterocycles. The fraction of sp³-hybridized carbons (Fsp3) is 0.400. The second-order valence-electron chi connectivity index (χ2n) is 10.5. The lowest BCUT2D eigenvalue weighted by Crippen LogP contribution is -2.33. The molecule has 4 rings (SSSR count). The summed E-state index contributed by atoms with van der Waals surface area (Å²) in [5.41, 5.74) is 5.53. The molecular formula is C35H43NO4. The fourth-order valence-electron chi connectivity index (χ4n) is 5.17. The zero-order valence-corrected chi connectivity index (χ0v) is 24.3. The minimum Gasteiger partial charge on any atom is -0.497 e. The maximum Gasteiger partial charge on any atom is 0.311 e. The van der Waals surface area contributed by atoms with Crippen molar-refractivity contribution in [2.24, 2.45) is 0 Å². The molecule has 5 nitrogen and oxygen atoms in total. The second-order valence-corrected chi connectivity index (χ2v) is 10.5. The van der Waals surface area contributed by atoms with Crippen molar-refractivity contribution in [2.45, 2.75) is 58.8 Å². The van der Waals surface area contributed by atoms with E-state index in [1.165, 1.54) is 32.4 Å². The quantitative estimate of drug-likeness (QED) is 0.0949. The van der Waals surface area contributed by atoms with Crippen molar-refractivity contribution < 1.29 is 19.0 Å². The lowest BCUT2D eigenvalue weighted by Gasteiger charge is -2.26. The van der Waals surface area contributed by atoms with E-state index in [0.717, 1.165) is 65.1 Å². The first-order chi connectivity index (χ1) is 19.6. The van der Waals surface area contributed by atoms with E-state index in [1.54, 1.807) is 7.11 Å². The summed E-state index contributed by atoms with van der Waals surface area (Å²) in [4.78, 5) is 14.7. The van der Waals surface area contributed by atoms with Crippen LogP contribution in [0.1, 0.15) is 75.5 Å². The van der Waals surface area contributed by atoms with Gasteiger partial charge in [-0.1, -0.05) is 62.6 Å². The Hall–Kier alpha value is -3.57. The number of allylic oxidation sites excluding steroid dienone is 1. The summed E-state index contributed by atoms with van der Waals surface area (Å²) in [6, 6.07) is 24.3. The number of ether oxygens (including phenoxy) is 3. The Morgan fingerprint density at radius 2 is 1.32 bits per heavy atom. The van der Waals surface area contributed by atoms with Gasteiger partial charge in [-0.25, -0.2) is 0 Å². The number of benzene rings is 3. The number of likely N-dealkylation sites (tertiary alicyclic amines) is 1. The van der Waals surface area contributed by atoms with Gasteiger partial charge in [0, 0.05) is 13.0 Å². The van der Waals surface area contributed by atoms with Gasteiger partial charge in [0.05, 0.1) is 7.11 Å². The van der Waals surface area contributed by atoms with Gasteiger partial charge in [-0.3, -0.25) is 9.69 Å². The van der Waals surface area contributed by atoms with Crippen molar-refractivity contribution >= 4 is 17.1 Å². The molecule has 0 aromatic heterocycles. The molecule has 212 valence electrons. The summed E-state index contributed by atoms with van der Waals surface area (Å²) in [6.07, 6.45) is 7.35. The molecule has 0 bridgehead atoms. The number of rotatable bonds is 13. The molecule has 1 heterocycles. The maximum absolute atomic E-state index is 12.2. The third-order valence-corrected chi connectivity index (χ3v) is 7.53. The summed E-state index contributed by atoms with van der Waals surface area (Å²) >= 11 is 0. The number of unbranched alkanes of at least 4 members (excludes halogenated alkanes) is 2. The number of hydrogen-bond donors (Lipinski definition) is 0. The molecule has 1 fully saturated rings. The summed E-state index contributed by atoms with van der Waals surface area (Å²) < 4.78 is 17.0. The second kappa shape index (κ2) is 15.3. The zero-order chi connectivity index (χ0) is 28.2. The van der Waals surface area contributed by atoms with Crippen LogP contribution < -0.4 is 14.2 Å². The van der Waals surface area contributed by atoms with Crippen LogP contribution in [0.5, 0.6) is 17.2 Å². The molecule has 3 aromatic rings. The predicted molar refractivity (Wildman–Crippen MR) is 163 cm³/mol. The first-order valence-corrected chi connectivity index (χ1v) is 14.7. The van der Waals surface area contributed by atoms with Crippen LogP contribution in [0.4, 0.5) is 0 Å². The van der Waals surface area contributed by atoms with Gasteiger partial charge in [0.15, 0.2) is 0 Å². The van der Waals surface area contributed by atoms with Crippen LogP contribution in [-0.4, -0.2) is 44.2 Å². The van der Waals surface area contributed by atoms with Crippen LogP contribution in [0.3, 0.4) is 0 Å². The molecule has 3 aromatic carbocycles. The van der Waals surface area contributed by atoms with Crippen LogP contribution in [0.25, 0.3) is 11.1 Å². The van der Waals surface area contributed by atoms with Crippen LogP contribution in [-0.2, 0) is 4.79 Å². The van der Waals surface area contributed by atoms with Crippen molar-refractivity contribution in [3.63, 3.8) is 0 Å². The van der Waals surface area contributed by atoms with Crippen molar-refractivity contribution in [1.82, 2.24) is 4.90 Å². The van der Waals surface area contributed by atoms with Crippen molar-refractivity contribution in [3.05, 3.63) is 89.5 Å². The highest BCUT2D eigenvalue weighted by atomic mass is 16.5. The molecule has 0 aliphatic carbocycles. The molecule has 1 aliphatic rings. The average molecular weight is 542 g/mol. The molecule has 1 saturated heterocycles. The van der Waals surface area contributed by atoms with Gasteiger partial charge in [0.25, 0.3) is 0 Å². The molecule has 40 heavy (non-hydrogen) atoms. The van der Waals surface area contributed by atoms with Gasteiger partial charge in [-0.15, -0.1) is 0 Å². The largest absolute Gasteiger partial charge is 0.497 e. The van der Waals surface area contributed by atoms with E-state index in [9.17, 15) is 4.79 Å². The standard InChI is InChI=1S/C35H43NO4/c1-4-5-7-10-34(37)40-33-21-15-30(16-22-33)35(27(2)28-11-17-31(38-3)18-12-28)29-13-19-32(20-14-29)39-26-25-36-23-8-6-9-24-36/h11-22H,4-10,23-26H2,1-3H3/b35-27+. The number of carbonyl (C=O) groups excluding carboxylic acids is 1. The fourth-order valence-corrected chi connectivity index (χ4v) is 5.17. The van der Waals surface area contributed by atoms with Gasteiger partial charge < -0.3 is 14.2 Å². The Morgan fingerprint density at radius 1 is 0.750 bits per heavy atom. The molecule has 0 atom stereocenters. The Balaban J connectivity index is 1.53. The normalized spacial score (nSPS) is 14.4. The van der Waals surface area contributed by atoms with Gasteiger partial charge in [-0.2, -0.15) is 0 Å². The van der Waals surface area contributed by atoms with Gasteiger partial charge in [0.2, 0.25) is 0 Å². The van der Waals surface area contributed by atoms with E-state index < -0.39 is 0 Å². The molecule has 0 amide bonds. The van der Waals surface area contributed by atoms with E-state index >= 15 is 0 Å². The molecular weight excluding hydrogens is 498 g/mol. The third kappa shape index (κ3) is 8.46. The van der Waals surface area contributed by atoms with Crippen LogP contribution in [0.2, 0.25) is 0 Å². The minimum atomic E-state index is -0.178. The molecule has 0 spiro atoms. The molecule has 0 saturated carbocycles. The van der Waals surface area contributed by atoms with Crippen LogP contribution >= 0.6 is 0 Å². The molecule has 0 radical (unpaired) electrons. The lowest BCUT2D eigenvalue weighted by molar-refractivity contribution is -0.134. The van der Waals surface area contributed by atoms with Crippen molar-refractivity contribution in [2.75, 3.05) is 33.4 Å². The van der Waals surface area contributed by atoms with E-state index in [1.807, 2.05) is 36.4 Å². The number of hydrogen-bond acceptors (Lipinski definition) is 5. The molecule has 0 N–H and O–H groups in total. The average Bonchev–Trinajstić information content (AvgIpc) is 2.99. The highest BCUT2D eigenvalue weighted by Crippen LogP contribution is 2.34. The molecule has 5 heteroatoms. The van der Waals surface area contributed by atoms with Gasteiger partial charge in [-0.05, 0) is 104 Å². The van der Waals surface area contributed by atoms with Crippen molar-refractivity contribution in [3.8, 4) is 17.2 Å². The highest BCUT2D eigenvalue weighted by molar-refractivity contribution is 5.98. The number of nitrogens with zero attached hydrogens (tertiary/aromatic N) is 1. The van der Waals surface area contributed by atoms with Gasteiger partial charge >= 0.3 is 5.97 Å². The maximum atomic E-state index is 12.2. The number of esters is 1. The number of methoxy groups -OCH3 is 1. The summed E-state index contributed by atoms with van der Waals surface area (Å²) in [5, 5.41) is 0. The predicted octanol–water partition coefficient (Wildman–Crippen LogP) is 8.02. The van der Waals surface area contributed by atoms with Crippen LogP contribution in [0.15, 0.2) is 72.8 Å². The molecule has 0 unspecified atom stereocenters. The summed E-state index contributed by atoms with van der Waals surface area (Å²) in [7, 11) is 1.68. The first kappa shape index (κ1) is 29.4. The smallest absolute Gasteiger partial charge is 0.311 e. The zero-order valence-electron chi connectivity index (χ0n) is 24.3. The van der Waals surface area contributed by atoms with E-state index in [0.29, 0.717) is 18.8 Å². The monoisotopic (exact) mass is 541 g/mol. The Bertz CT molecular complexity index is 1220. The Labute approximate surface area is 239 Å². The van der Waals surface area contributed by atoms with E-state index in [4.69, 9.17) is 14.2 Å². The summed E-state index contributed by atoms with van der Waals surface area (Å²) in [6.45, 7) is 8.29. The topological polar surface area (TPSA) is 48.0 Å².